The second-order valence-electron chi connectivity index (χ2n) is 4.01. The van der Waals surface area contributed by atoms with E-state index in [-0.39, 0.29) is 0 Å². The van der Waals surface area contributed by atoms with Gasteiger partial charge in [-0.05, 0) is 37.6 Å². The highest BCUT2D eigenvalue weighted by atomic mass is 15.2. The van der Waals surface area contributed by atoms with E-state index in [4.69, 9.17) is 0 Å². The van der Waals surface area contributed by atoms with E-state index in [9.17, 15) is 0 Å². The molecule has 1 nitrogen and oxygen atoms in total. The predicted molar refractivity (Wildman–Crippen MR) is 36.1 cm³/mol. The summed E-state index contributed by atoms with van der Waals surface area (Å²) in [5.74, 6) is 3.42. The Morgan fingerprint density at radius 1 is 1.33 bits per heavy atom. The normalized spacial score (nSPS) is 62.3. The molecule has 1 saturated heterocycles. The monoisotopic (exact) mass is 123 g/mol. The van der Waals surface area contributed by atoms with E-state index in [0.29, 0.717) is 0 Å². The van der Waals surface area contributed by atoms with Gasteiger partial charge in [0.15, 0.2) is 0 Å². The molecule has 9 heavy (non-hydrogen) atoms. The average Bonchev–Trinajstić information content (AvgIpc) is 2.34. The Bertz CT molecular complexity index is 145. The van der Waals surface area contributed by atoms with Gasteiger partial charge in [0, 0.05) is 12.6 Å². The maximum absolute atomic E-state index is 2.58. The molecular formula is C8H13N. The van der Waals surface area contributed by atoms with Crippen molar-refractivity contribution in [3.05, 3.63) is 0 Å². The van der Waals surface area contributed by atoms with Crippen molar-refractivity contribution >= 4 is 0 Å². The van der Waals surface area contributed by atoms with Gasteiger partial charge in [-0.15, -0.1) is 0 Å². The molecule has 0 aromatic rings. The smallest absolute Gasteiger partial charge is 0.0158 e. The number of piperidine rings is 1. The van der Waals surface area contributed by atoms with Crippen LogP contribution in [0.2, 0.25) is 0 Å². The third-order valence-corrected chi connectivity index (χ3v) is 3.63. The van der Waals surface area contributed by atoms with Crippen LogP contribution in [-0.4, -0.2) is 24.5 Å². The number of rotatable bonds is 0. The van der Waals surface area contributed by atoms with E-state index in [0.717, 1.165) is 23.8 Å². The summed E-state index contributed by atoms with van der Waals surface area (Å²) in [6, 6.07) is 1.05. The molecule has 2 aliphatic carbocycles. The summed E-state index contributed by atoms with van der Waals surface area (Å²) in [6.45, 7) is 1.41. The van der Waals surface area contributed by atoms with Crippen molar-refractivity contribution in [3.63, 3.8) is 0 Å². The van der Waals surface area contributed by atoms with Gasteiger partial charge >= 0.3 is 0 Å². The van der Waals surface area contributed by atoms with Crippen LogP contribution >= 0.6 is 0 Å². The van der Waals surface area contributed by atoms with E-state index in [1.165, 1.54) is 13.0 Å². The Hall–Kier alpha value is -0.0400. The van der Waals surface area contributed by atoms with Gasteiger partial charge in [0.05, 0.1) is 0 Å². The summed E-state index contributed by atoms with van der Waals surface area (Å²) in [7, 11) is 2.29. The molecule has 0 N–H and O–H groups in total. The molecule has 0 aromatic heterocycles. The molecule has 3 rings (SSSR count). The molecule has 2 saturated carbocycles. The number of hydrogen-bond acceptors (Lipinski definition) is 1. The molecule has 0 amide bonds. The molecule has 3 fully saturated rings. The second kappa shape index (κ2) is 1.20. The largest absolute Gasteiger partial charge is 0.303 e. The number of likely N-dealkylation sites (tertiary alicyclic amines) is 1. The molecule has 1 heterocycles. The first-order valence-electron chi connectivity index (χ1n) is 4.08. The molecular weight excluding hydrogens is 110 g/mol. The summed E-state index contributed by atoms with van der Waals surface area (Å²) in [6.07, 6.45) is 3.08. The second-order valence-corrected chi connectivity index (χ2v) is 4.01. The number of hydrogen-bond donors (Lipinski definition) is 0. The zero-order chi connectivity index (χ0) is 6.01. The molecule has 3 aliphatic rings. The molecule has 1 aliphatic heterocycles. The quantitative estimate of drug-likeness (QED) is 0.463. The van der Waals surface area contributed by atoms with Gasteiger partial charge in [0.25, 0.3) is 0 Å². The van der Waals surface area contributed by atoms with Gasteiger partial charge < -0.3 is 4.90 Å². The van der Waals surface area contributed by atoms with Gasteiger partial charge in [0.2, 0.25) is 0 Å². The average molecular weight is 123 g/mol. The lowest BCUT2D eigenvalue weighted by molar-refractivity contribution is 0.336. The van der Waals surface area contributed by atoms with Gasteiger partial charge in [-0.1, -0.05) is 0 Å². The minimum Gasteiger partial charge on any atom is -0.303 e. The van der Waals surface area contributed by atoms with Crippen LogP contribution in [0.1, 0.15) is 12.8 Å². The van der Waals surface area contributed by atoms with E-state index < -0.39 is 0 Å². The maximum atomic E-state index is 2.58. The first-order chi connectivity index (χ1) is 4.38. The fourth-order valence-corrected chi connectivity index (χ4v) is 3.30. The zero-order valence-corrected chi connectivity index (χ0v) is 5.88. The Morgan fingerprint density at radius 2 is 2.22 bits per heavy atom. The van der Waals surface area contributed by atoms with Crippen molar-refractivity contribution in [1.29, 1.82) is 0 Å². The Morgan fingerprint density at radius 3 is 2.78 bits per heavy atom. The third kappa shape index (κ3) is 0.389. The van der Waals surface area contributed by atoms with Gasteiger partial charge in [-0.3, -0.25) is 0 Å². The number of nitrogens with zero attached hydrogens (tertiary/aromatic N) is 1. The van der Waals surface area contributed by atoms with E-state index >= 15 is 0 Å². The summed E-state index contributed by atoms with van der Waals surface area (Å²) in [4.78, 5) is 2.58. The van der Waals surface area contributed by atoms with Crippen molar-refractivity contribution in [2.45, 2.75) is 18.9 Å². The molecule has 4 atom stereocenters. The summed E-state index contributed by atoms with van der Waals surface area (Å²) in [5, 5.41) is 0. The van der Waals surface area contributed by atoms with Gasteiger partial charge in [0.1, 0.15) is 0 Å². The minimum absolute atomic E-state index is 1.05. The summed E-state index contributed by atoms with van der Waals surface area (Å²) >= 11 is 0. The molecule has 0 radical (unpaired) electrons. The van der Waals surface area contributed by atoms with Crippen molar-refractivity contribution in [3.8, 4) is 0 Å². The van der Waals surface area contributed by atoms with Gasteiger partial charge in [-0.25, -0.2) is 0 Å². The van der Waals surface area contributed by atoms with E-state index in [1.54, 1.807) is 6.42 Å². The number of fused-ring (bicyclic) bond motifs is 1. The lowest BCUT2D eigenvalue weighted by Gasteiger charge is -2.10. The maximum Gasteiger partial charge on any atom is 0.0158 e. The van der Waals surface area contributed by atoms with E-state index in [1.807, 2.05) is 0 Å². The van der Waals surface area contributed by atoms with Crippen LogP contribution in [0.5, 0.6) is 0 Å². The lowest BCUT2D eigenvalue weighted by Crippen LogP contribution is -2.19. The van der Waals surface area contributed by atoms with Crippen molar-refractivity contribution < 1.29 is 0 Å². The molecule has 1 heteroatoms. The SMILES string of the molecule is CN1CC2CC[C@H]3C2C31. The molecule has 0 spiro atoms. The minimum atomic E-state index is 1.05. The van der Waals surface area contributed by atoms with Crippen LogP contribution in [0.25, 0.3) is 0 Å². The molecule has 3 unspecified atom stereocenters. The van der Waals surface area contributed by atoms with Crippen molar-refractivity contribution in [2.24, 2.45) is 17.8 Å². The first-order valence-corrected chi connectivity index (χ1v) is 4.08. The van der Waals surface area contributed by atoms with Crippen LogP contribution in [0.15, 0.2) is 0 Å². The summed E-state index contributed by atoms with van der Waals surface area (Å²) < 4.78 is 0. The van der Waals surface area contributed by atoms with Crippen molar-refractivity contribution in [1.82, 2.24) is 4.90 Å². The molecule has 50 valence electrons. The highest BCUT2D eigenvalue weighted by Crippen LogP contribution is 2.62. The summed E-state index contributed by atoms with van der Waals surface area (Å²) in [5.41, 5.74) is 0. The van der Waals surface area contributed by atoms with Crippen LogP contribution in [0.4, 0.5) is 0 Å². The Balaban J connectivity index is 1.97. The van der Waals surface area contributed by atoms with Crippen LogP contribution < -0.4 is 0 Å². The molecule has 0 aromatic carbocycles. The van der Waals surface area contributed by atoms with Crippen LogP contribution in [0, 0.1) is 17.8 Å². The highest BCUT2D eigenvalue weighted by Gasteiger charge is 2.63. The highest BCUT2D eigenvalue weighted by molar-refractivity contribution is 5.15. The first kappa shape index (κ1) is 4.73. The molecule has 0 bridgehead atoms. The standard InChI is InChI=1S/C8H13N/c1-9-4-5-2-3-6-7(5)8(6)9/h5-8H,2-4H2,1H3/t5?,6-,7?,8?/m0/s1. The lowest BCUT2D eigenvalue weighted by atomic mass is 10.1. The zero-order valence-electron chi connectivity index (χ0n) is 5.88. The van der Waals surface area contributed by atoms with Crippen molar-refractivity contribution in [2.75, 3.05) is 13.6 Å². The van der Waals surface area contributed by atoms with Gasteiger partial charge in [-0.2, -0.15) is 0 Å². The van der Waals surface area contributed by atoms with Crippen LogP contribution in [0.3, 0.4) is 0 Å². The topological polar surface area (TPSA) is 3.24 Å². The Kier molecular flexibility index (Phi) is 0.628. The third-order valence-electron chi connectivity index (χ3n) is 3.63. The van der Waals surface area contributed by atoms with E-state index in [2.05, 4.69) is 11.9 Å². The Labute approximate surface area is 56.0 Å². The van der Waals surface area contributed by atoms with Crippen LogP contribution in [-0.2, 0) is 0 Å². The fourth-order valence-electron chi connectivity index (χ4n) is 3.30. The fraction of sp³-hybridized carbons (Fsp3) is 1.00. The predicted octanol–water partition coefficient (Wildman–Crippen LogP) is 0.956.